The lowest BCUT2D eigenvalue weighted by molar-refractivity contribution is -0.113. The van der Waals surface area contributed by atoms with E-state index in [2.05, 4.69) is 27.8 Å². The molecule has 180 valence electrons. The fraction of sp³-hybridized carbons (Fsp3) is 0.333. The third kappa shape index (κ3) is 6.11. The summed E-state index contributed by atoms with van der Waals surface area (Å²) in [6, 6.07) is 10.3. The van der Waals surface area contributed by atoms with Crippen molar-refractivity contribution in [2.24, 2.45) is 0 Å². The van der Waals surface area contributed by atoms with E-state index in [9.17, 15) is 9.59 Å². The molecule has 0 aliphatic carbocycles. The lowest BCUT2D eigenvalue weighted by atomic mass is 10.1. The van der Waals surface area contributed by atoms with Crippen LogP contribution < -0.4 is 10.6 Å². The number of halogens is 2. The summed E-state index contributed by atoms with van der Waals surface area (Å²) in [5.74, 6) is 0.392. The lowest BCUT2D eigenvalue weighted by Gasteiger charge is -2.15. The molecule has 1 heterocycles. The average molecular weight is 520 g/mol. The van der Waals surface area contributed by atoms with Crippen LogP contribution in [-0.2, 0) is 17.8 Å². The van der Waals surface area contributed by atoms with Gasteiger partial charge in [0.2, 0.25) is 5.91 Å². The predicted molar refractivity (Wildman–Crippen MR) is 138 cm³/mol. The SMILES string of the molecule is CCc1cccc(C)c1NC(=O)CSc1nnc([C@@H](C)NC(=O)c2ccc(Cl)c(Cl)c2)n1CC. The van der Waals surface area contributed by atoms with Crippen LogP contribution in [0.4, 0.5) is 5.69 Å². The number of aryl methyl sites for hydroxylation is 2. The van der Waals surface area contributed by atoms with Gasteiger partial charge in [0.15, 0.2) is 11.0 Å². The van der Waals surface area contributed by atoms with Crippen LogP contribution in [0.3, 0.4) is 0 Å². The first-order valence-corrected chi connectivity index (χ1v) is 12.7. The largest absolute Gasteiger partial charge is 0.342 e. The molecular formula is C24H27Cl2N5O2S. The normalized spacial score (nSPS) is 11.8. The molecule has 0 saturated heterocycles. The standard InChI is InChI=1S/C24H27Cl2N5O2S/c1-5-16-9-7-8-14(3)21(16)28-20(32)13-34-24-30-29-22(31(24)6-2)15(4)27-23(33)17-10-11-18(25)19(26)12-17/h7-12,15H,5-6,13H2,1-4H3,(H,27,33)(H,28,32)/t15-/m1/s1. The molecule has 2 amide bonds. The second-order valence-electron chi connectivity index (χ2n) is 7.71. The highest BCUT2D eigenvalue weighted by Crippen LogP contribution is 2.25. The van der Waals surface area contributed by atoms with Crippen molar-refractivity contribution in [3.63, 3.8) is 0 Å². The minimum Gasteiger partial charge on any atom is -0.342 e. The van der Waals surface area contributed by atoms with Gasteiger partial charge in [-0.25, -0.2) is 0 Å². The van der Waals surface area contributed by atoms with Crippen molar-refractivity contribution < 1.29 is 9.59 Å². The fourth-order valence-electron chi connectivity index (χ4n) is 3.51. The highest BCUT2D eigenvalue weighted by atomic mass is 35.5. The van der Waals surface area contributed by atoms with Gasteiger partial charge in [-0.2, -0.15) is 0 Å². The van der Waals surface area contributed by atoms with Gasteiger partial charge in [0, 0.05) is 17.8 Å². The Morgan fingerprint density at radius 1 is 1.12 bits per heavy atom. The molecule has 10 heteroatoms. The van der Waals surface area contributed by atoms with E-state index >= 15 is 0 Å². The maximum absolute atomic E-state index is 12.6. The number of carbonyl (C=O) groups excluding carboxylic acids is 2. The summed E-state index contributed by atoms with van der Waals surface area (Å²) in [6.45, 7) is 8.43. The molecule has 0 saturated carbocycles. The monoisotopic (exact) mass is 519 g/mol. The summed E-state index contributed by atoms with van der Waals surface area (Å²) >= 11 is 13.3. The number of benzene rings is 2. The van der Waals surface area contributed by atoms with Crippen LogP contribution in [0, 0.1) is 6.92 Å². The Bertz CT molecular complexity index is 1200. The highest BCUT2D eigenvalue weighted by molar-refractivity contribution is 7.99. The van der Waals surface area contributed by atoms with E-state index in [1.807, 2.05) is 43.5 Å². The molecule has 0 aliphatic heterocycles. The molecule has 0 aliphatic rings. The molecule has 2 N–H and O–H groups in total. The van der Waals surface area contributed by atoms with Gasteiger partial charge < -0.3 is 15.2 Å². The number of anilines is 1. The average Bonchev–Trinajstić information content (AvgIpc) is 3.23. The van der Waals surface area contributed by atoms with Crippen LogP contribution in [0.15, 0.2) is 41.6 Å². The zero-order valence-corrected chi connectivity index (χ0v) is 21.8. The lowest BCUT2D eigenvalue weighted by Crippen LogP contribution is -2.28. The highest BCUT2D eigenvalue weighted by Gasteiger charge is 2.21. The second kappa shape index (κ2) is 11.7. The van der Waals surface area contributed by atoms with E-state index in [1.54, 1.807) is 12.1 Å². The Hall–Kier alpha value is -2.55. The van der Waals surface area contributed by atoms with Crippen LogP contribution in [0.2, 0.25) is 10.0 Å². The van der Waals surface area contributed by atoms with Crippen molar-refractivity contribution in [3.05, 3.63) is 69.0 Å². The summed E-state index contributed by atoms with van der Waals surface area (Å²) in [6.07, 6.45) is 0.837. The first-order chi connectivity index (χ1) is 16.2. The maximum atomic E-state index is 12.6. The number of aromatic nitrogens is 3. The first-order valence-electron chi connectivity index (χ1n) is 10.9. The molecule has 1 aromatic heterocycles. The van der Waals surface area contributed by atoms with E-state index in [0.717, 1.165) is 23.2 Å². The quantitative estimate of drug-likeness (QED) is 0.354. The molecule has 0 bridgehead atoms. The van der Waals surface area contributed by atoms with Crippen molar-refractivity contribution in [2.45, 2.75) is 51.9 Å². The van der Waals surface area contributed by atoms with E-state index < -0.39 is 6.04 Å². The number of rotatable bonds is 9. The number of hydrogen-bond acceptors (Lipinski definition) is 5. The number of thioether (sulfide) groups is 1. The zero-order chi connectivity index (χ0) is 24.8. The zero-order valence-electron chi connectivity index (χ0n) is 19.5. The van der Waals surface area contributed by atoms with Gasteiger partial charge in [0.05, 0.1) is 21.8 Å². The molecule has 1 atom stereocenters. The topological polar surface area (TPSA) is 88.9 Å². The Balaban J connectivity index is 1.66. The summed E-state index contributed by atoms with van der Waals surface area (Å²) in [5.41, 5.74) is 3.40. The third-order valence-electron chi connectivity index (χ3n) is 5.32. The molecule has 3 aromatic rings. The summed E-state index contributed by atoms with van der Waals surface area (Å²) in [7, 11) is 0. The Labute approximate surface area is 213 Å². The number of amides is 2. The van der Waals surface area contributed by atoms with Crippen LogP contribution in [0.5, 0.6) is 0 Å². The molecule has 34 heavy (non-hydrogen) atoms. The van der Waals surface area contributed by atoms with Gasteiger partial charge in [-0.15, -0.1) is 10.2 Å². The smallest absolute Gasteiger partial charge is 0.251 e. The predicted octanol–water partition coefficient (Wildman–Crippen LogP) is 5.70. The summed E-state index contributed by atoms with van der Waals surface area (Å²) < 4.78 is 1.89. The van der Waals surface area contributed by atoms with Gasteiger partial charge in [-0.3, -0.25) is 9.59 Å². The van der Waals surface area contributed by atoms with E-state index in [1.165, 1.54) is 17.8 Å². The van der Waals surface area contributed by atoms with Gasteiger partial charge in [0.1, 0.15) is 0 Å². The Morgan fingerprint density at radius 2 is 1.88 bits per heavy atom. The molecule has 0 fully saturated rings. The first kappa shape index (κ1) is 26.1. The molecule has 0 radical (unpaired) electrons. The van der Waals surface area contributed by atoms with Crippen LogP contribution in [0.25, 0.3) is 0 Å². The number of para-hydroxylation sites is 1. The van der Waals surface area contributed by atoms with E-state index in [0.29, 0.717) is 33.1 Å². The van der Waals surface area contributed by atoms with Gasteiger partial charge in [-0.1, -0.05) is 60.1 Å². The van der Waals surface area contributed by atoms with Crippen molar-refractivity contribution in [1.29, 1.82) is 0 Å². The molecule has 7 nitrogen and oxygen atoms in total. The van der Waals surface area contributed by atoms with Crippen molar-refractivity contribution in [3.8, 4) is 0 Å². The van der Waals surface area contributed by atoms with Crippen LogP contribution in [-0.4, -0.2) is 32.3 Å². The van der Waals surface area contributed by atoms with Gasteiger partial charge in [-0.05, 0) is 56.5 Å². The second-order valence-corrected chi connectivity index (χ2v) is 9.47. The van der Waals surface area contributed by atoms with Crippen LogP contribution in [0.1, 0.15) is 54.1 Å². The summed E-state index contributed by atoms with van der Waals surface area (Å²) in [4.78, 5) is 25.3. The molecular weight excluding hydrogens is 493 g/mol. The number of nitrogens with one attached hydrogen (secondary N) is 2. The maximum Gasteiger partial charge on any atom is 0.251 e. The summed E-state index contributed by atoms with van der Waals surface area (Å²) in [5, 5.41) is 15.8. The molecule has 0 spiro atoms. The van der Waals surface area contributed by atoms with Crippen LogP contribution >= 0.6 is 35.0 Å². The van der Waals surface area contributed by atoms with Crippen molar-refractivity contribution >= 4 is 52.5 Å². The fourth-order valence-corrected chi connectivity index (χ4v) is 4.62. The number of nitrogens with zero attached hydrogens (tertiary/aromatic N) is 3. The Kier molecular flexibility index (Phi) is 8.99. The third-order valence-corrected chi connectivity index (χ3v) is 7.02. The van der Waals surface area contributed by atoms with E-state index in [-0.39, 0.29) is 17.6 Å². The molecule has 2 aromatic carbocycles. The van der Waals surface area contributed by atoms with Gasteiger partial charge >= 0.3 is 0 Å². The number of hydrogen-bond donors (Lipinski definition) is 2. The minimum atomic E-state index is -0.406. The van der Waals surface area contributed by atoms with Crippen molar-refractivity contribution in [1.82, 2.24) is 20.1 Å². The Morgan fingerprint density at radius 3 is 2.56 bits per heavy atom. The van der Waals surface area contributed by atoms with E-state index in [4.69, 9.17) is 23.2 Å². The molecule has 3 rings (SSSR count). The van der Waals surface area contributed by atoms with Gasteiger partial charge in [0.25, 0.3) is 5.91 Å². The molecule has 0 unspecified atom stereocenters. The number of carbonyl (C=O) groups is 2. The van der Waals surface area contributed by atoms with Crippen molar-refractivity contribution in [2.75, 3.05) is 11.1 Å². The minimum absolute atomic E-state index is 0.109.